The van der Waals surface area contributed by atoms with Gasteiger partial charge in [-0.1, -0.05) is 30.3 Å². The maximum Gasteiger partial charge on any atom is 0.193 e. The summed E-state index contributed by atoms with van der Waals surface area (Å²) < 4.78 is 0.862. The van der Waals surface area contributed by atoms with Crippen LogP contribution in [0, 0.1) is 0 Å². The Morgan fingerprint density at radius 2 is 1.78 bits per heavy atom. The van der Waals surface area contributed by atoms with Crippen LogP contribution in [0.25, 0.3) is 0 Å². The first-order chi connectivity index (χ1) is 11.1. The molecular weight excluding hydrogens is 354 g/mol. The average Bonchev–Trinajstić information content (AvgIpc) is 2.57. The molecule has 0 fully saturated rings. The van der Waals surface area contributed by atoms with Gasteiger partial charge in [0.05, 0.1) is 5.69 Å². The van der Waals surface area contributed by atoms with Crippen LogP contribution < -0.4 is 5.32 Å². The Hall–Kier alpha value is -2.20. The van der Waals surface area contributed by atoms with E-state index >= 15 is 0 Å². The van der Waals surface area contributed by atoms with Gasteiger partial charge < -0.3 is 5.32 Å². The van der Waals surface area contributed by atoms with Crippen molar-refractivity contribution in [2.75, 3.05) is 5.32 Å². The third kappa shape index (κ3) is 3.77. The van der Waals surface area contributed by atoms with Crippen LogP contribution in [0.1, 0.15) is 35.2 Å². The molecule has 116 valence electrons. The van der Waals surface area contributed by atoms with Crippen LogP contribution in [-0.2, 0) is 4.79 Å². The molecule has 0 aromatic heterocycles. The summed E-state index contributed by atoms with van der Waals surface area (Å²) in [7, 11) is 0. The van der Waals surface area contributed by atoms with Crippen molar-refractivity contribution in [1.82, 2.24) is 0 Å². The maximum absolute atomic E-state index is 12.5. The zero-order valence-electron chi connectivity index (χ0n) is 12.5. The molecule has 0 atom stereocenters. The SMILES string of the molecule is O=C1C=C(Nc2cc(C(=O)c3ccccc3)ccc2Br)CCC1. The second kappa shape index (κ2) is 6.92. The summed E-state index contributed by atoms with van der Waals surface area (Å²) >= 11 is 3.49. The van der Waals surface area contributed by atoms with Crippen LogP contribution in [0.4, 0.5) is 5.69 Å². The van der Waals surface area contributed by atoms with E-state index < -0.39 is 0 Å². The summed E-state index contributed by atoms with van der Waals surface area (Å²) in [5, 5.41) is 3.27. The summed E-state index contributed by atoms with van der Waals surface area (Å²) in [5.74, 6) is 0.126. The van der Waals surface area contributed by atoms with Crippen molar-refractivity contribution in [3.63, 3.8) is 0 Å². The Balaban J connectivity index is 1.87. The molecule has 1 aliphatic rings. The molecule has 3 nitrogen and oxygen atoms in total. The van der Waals surface area contributed by atoms with Crippen LogP contribution in [0.5, 0.6) is 0 Å². The van der Waals surface area contributed by atoms with Gasteiger partial charge in [-0.2, -0.15) is 0 Å². The van der Waals surface area contributed by atoms with E-state index in [4.69, 9.17) is 0 Å². The topological polar surface area (TPSA) is 46.2 Å². The highest BCUT2D eigenvalue weighted by Gasteiger charge is 2.14. The van der Waals surface area contributed by atoms with E-state index in [0.29, 0.717) is 17.5 Å². The molecule has 0 saturated heterocycles. The van der Waals surface area contributed by atoms with E-state index in [9.17, 15) is 9.59 Å². The minimum atomic E-state index is -0.0187. The quantitative estimate of drug-likeness (QED) is 0.792. The molecule has 0 bridgehead atoms. The van der Waals surface area contributed by atoms with Crippen molar-refractivity contribution >= 4 is 33.2 Å². The number of halogens is 1. The second-order valence-corrected chi connectivity index (χ2v) is 6.36. The van der Waals surface area contributed by atoms with E-state index in [0.717, 1.165) is 28.7 Å². The Morgan fingerprint density at radius 1 is 1.00 bits per heavy atom. The molecule has 23 heavy (non-hydrogen) atoms. The van der Waals surface area contributed by atoms with Crippen molar-refractivity contribution < 1.29 is 9.59 Å². The molecular formula is C19H16BrNO2. The highest BCUT2D eigenvalue weighted by atomic mass is 79.9. The molecule has 1 N–H and O–H groups in total. The number of ketones is 2. The van der Waals surface area contributed by atoms with Gasteiger partial charge in [-0.3, -0.25) is 9.59 Å². The Kier molecular flexibility index (Phi) is 4.72. The third-order valence-electron chi connectivity index (χ3n) is 3.76. The first kappa shape index (κ1) is 15.7. The predicted octanol–water partition coefficient (Wildman–Crippen LogP) is 4.73. The molecule has 2 aromatic carbocycles. The molecule has 0 saturated carbocycles. The number of carbonyl (C=O) groups excluding carboxylic acids is 2. The number of anilines is 1. The van der Waals surface area contributed by atoms with Crippen LogP contribution in [0.3, 0.4) is 0 Å². The van der Waals surface area contributed by atoms with Crippen molar-refractivity contribution in [3.8, 4) is 0 Å². The number of hydrogen-bond donors (Lipinski definition) is 1. The molecule has 1 aliphatic carbocycles. The number of nitrogens with one attached hydrogen (secondary N) is 1. The molecule has 0 unspecified atom stereocenters. The lowest BCUT2D eigenvalue weighted by molar-refractivity contribution is -0.115. The lowest BCUT2D eigenvalue weighted by Crippen LogP contribution is -2.10. The van der Waals surface area contributed by atoms with Gasteiger partial charge in [0.25, 0.3) is 0 Å². The normalized spacial score (nSPS) is 14.3. The van der Waals surface area contributed by atoms with Gasteiger partial charge in [-0.05, 0) is 47.0 Å². The minimum Gasteiger partial charge on any atom is -0.358 e. The molecule has 4 heteroatoms. The Morgan fingerprint density at radius 3 is 2.52 bits per heavy atom. The summed E-state index contributed by atoms with van der Waals surface area (Å²) in [4.78, 5) is 24.1. The van der Waals surface area contributed by atoms with Crippen molar-refractivity contribution in [2.45, 2.75) is 19.3 Å². The third-order valence-corrected chi connectivity index (χ3v) is 4.46. The summed E-state index contributed by atoms with van der Waals surface area (Å²) in [6.45, 7) is 0. The maximum atomic E-state index is 12.5. The second-order valence-electron chi connectivity index (χ2n) is 5.50. The zero-order valence-corrected chi connectivity index (χ0v) is 14.1. The standard InChI is InChI=1S/C19H16BrNO2/c20-17-10-9-14(19(23)13-5-2-1-3-6-13)11-18(17)21-15-7-4-8-16(22)12-15/h1-3,5-6,9-12,21H,4,7-8H2. The highest BCUT2D eigenvalue weighted by molar-refractivity contribution is 9.10. The lowest BCUT2D eigenvalue weighted by Gasteiger charge is -2.16. The molecule has 0 aliphatic heterocycles. The molecule has 2 aromatic rings. The van der Waals surface area contributed by atoms with Gasteiger partial charge >= 0.3 is 0 Å². The van der Waals surface area contributed by atoms with Gasteiger partial charge in [0.2, 0.25) is 0 Å². The summed E-state index contributed by atoms with van der Waals surface area (Å²) in [6.07, 6.45) is 3.97. The van der Waals surface area contributed by atoms with Gasteiger partial charge in [-0.25, -0.2) is 0 Å². The van der Waals surface area contributed by atoms with E-state index in [-0.39, 0.29) is 11.6 Å². The molecule has 0 amide bonds. The lowest BCUT2D eigenvalue weighted by atomic mass is 10.0. The van der Waals surface area contributed by atoms with Crippen LogP contribution in [-0.4, -0.2) is 11.6 Å². The Labute approximate surface area is 143 Å². The van der Waals surface area contributed by atoms with Gasteiger partial charge in [-0.15, -0.1) is 0 Å². The molecule has 0 heterocycles. The number of carbonyl (C=O) groups is 2. The smallest absolute Gasteiger partial charge is 0.193 e. The summed E-state index contributed by atoms with van der Waals surface area (Å²) in [6, 6.07) is 14.7. The number of allylic oxidation sites excluding steroid dienone is 2. The van der Waals surface area contributed by atoms with Gasteiger partial charge in [0, 0.05) is 33.8 Å². The van der Waals surface area contributed by atoms with Crippen molar-refractivity contribution in [3.05, 3.63) is 75.9 Å². The predicted molar refractivity (Wildman–Crippen MR) is 94.6 cm³/mol. The number of benzene rings is 2. The van der Waals surface area contributed by atoms with Crippen LogP contribution >= 0.6 is 15.9 Å². The molecule has 0 spiro atoms. The highest BCUT2D eigenvalue weighted by Crippen LogP contribution is 2.28. The van der Waals surface area contributed by atoms with E-state index in [2.05, 4.69) is 21.2 Å². The van der Waals surface area contributed by atoms with E-state index in [1.165, 1.54) is 0 Å². The Bertz CT molecular complexity index is 781. The van der Waals surface area contributed by atoms with Gasteiger partial charge in [0.15, 0.2) is 11.6 Å². The number of hydrogen-bond acceptors (Lipinski definition) is 3. The fraction of sp³-hybridized carbons (Fsp3) is 0.158. The fourth-order valence-corrected chi connectivity index (χ4v) is 2.93. The monoisotopic (exact) mass is 369 g/mol. The van der Waals surface area contributed by atoms with Gasteiger partial charge in [0.1, 0.15) is 0 Å². The van der Waals surface area contributed by atoms with Crippen LogP contribution in [0.2, 0.25) is 0 Å². The summed E-state index contributed by atoms with van der Waals surface area (Å²) in [5.41, 5.74) is 2.97. The molecule has 0 radical (unpaired) electrons. The van der Waals surface area contributed by atoms with Crippen molar-refractivity contribution in [1.29, 1.82) is 0 Å². The van der Waals surface area contributed by atoms with Crippen LogP contribution in [0.15, 0.2) is 64.8 Å². The first-order valence-corrected chi connectivity index (χ1v) is 8.32. The average molecular weight is 370 g/mol. The zero-order chi connectivity index (χ0) is 16.2. The van der Waals surface area contributed by atoms with Crippen molar-refractivity contribution in [2.24, 2.45) is 0 Å². The fourth-order valence-electron chi connectivity index (χ4n) is 2.58. The van der Waals surface area contributed by atoms with E-state index in [1.54, 1.807) is 24.3 Å². The molecule has 3 rings (SSSR count). The first-order valence-electron chi connectivity index (χ1n) is 7.53. The largest absolute Gasteiger partial charge is 0.358 e. The number of rotatable bonds is 4. The minimum absolute atomic E-state index is 0.0187. The van der Waals surface area contributed by atoms with E-state index in [1.807, 2.05) is 30.3 Å².